The molecule has 1 atom stereocenters. The highest BCUT2D eigenvalue weighted by Gasteiger charge is 2.33. The van der Waals surface area contributed by atoms with Gasteiger partial charge >= 0.3 is 12.4 Å². The van der Waals surface area contributed by atoms with Crippen LogP contribution in [0, 0.1) is 12.8 Å². The minimum Gasteiger partial charge on any atom is -0.462 e. The van der Waals surface area contributed by atoms with Crippen molar-refractivity contribution in [3.8, 4) is 0 Å². The van der Waals surface area contributed by atoms with Crippen molar-refractivity contribution in [2.24, 2.45) is 5.92 Å². The normalized spacial score (nSPS) is 16.6. The molecule has 0 aliphatic carbocycles. The molecular weight excluding hydrogens is 368 g/mol. The van der Waals surface area contributed by atoms with E-state index in [4.69, 9.17) is 4.74 Å². The van der Waals surface area contributed by atoms with Crippen molar-refractivity contribution in [3.63, 3.8) is 0 Å². The zero-order valence-corrected chi connectivity index (χ0v) is 16.3. The molecule has 1 saturated heterocycles. The average Bonchev–Trinajstić information content (AvgIpc) is 2.99. The maximum absolute atomic E-state index is 12.7. The number of carbonyl (C=O) groups excluding carboxylic acids is 2. The monoisotopic (exact) mass is 393 g/mol. The summed E-state index contributed by atoms with van der Waals surface area (Å²) >= 11 is 0. The number of hydrogen-bond donors (Lipinski definition) is 0. The molecule has 0 aromatic carbocycles. The van der Waals surface area contributed by atoms with Gasteiger partial charge in [0.2, 0.25) is 0 Å². The predicted octanol–water partition coefficient (Wildman–Crippen LogP) is 3.43. The van der Waals surface area contributed by atoms with Gasteiger partial charge < -0.3 is 9.64 Å². The Kier molecular flexibility index (Phi) is 5.96. The molecule has 1 aliphatic rings. The molecule has 0 bridgehead atoms. The van der Waals surface area contributed by atoms with E-state index in [9.17, 15) is 18.4 Å². The van der Waals surface area contributed by atoms with Crippen LogP contribution < -0.4 is 0 Å². The summed E-state index contributed by atoms with van der Waals surface area (Å²) in [6, 6.07) is 3.62. The second kappa shape index (κ2) is 8.24. The Bertz CT molecular complexity index is 873. The number of alkyl halides is 2. The Hall–Kier alpha value is -2.51. The Morgan fingerprint density at radius 1 is 1.32 bits per heavy atom. The molecule has 2 aromatic rings. The topological polar surface area (TPSA) is 63.9 Å². The van der Waals surface area contributed by atoms with E-state index in [2.05, 4.69) is 12.0 Å². The third kappa shape index (κ3) is 3.59. The lowest BCUT2D eigenvalue weighted by atomic mass is 9.82. The van der Waals surface area contributed by atoms with Crippen LogP contribution in [0.2, 0.25) is 0 Å². The Morgan fingerprint density at radius 3 is 2.61 bits per heavy atom. The molecule has 152 valence electrons. The molecule has 1 amide bonds. The molecule has 0 spiro atoms. The van der Waals surface area contributed by atoms with Gasteiger partial charge in [-0.05, 0) is 50.3 Å². The summed E-state index contributed by atoms with van der Waals surface area (Å²) in [5.41, 5.74) is 2.97. The maximum Gasteiger partial charge on any atom is 0.340 e. The number of ether oxygens (including phenoxy) is 1. The summed E-state index contributed by atoms with van der Waals surface area (Å²) in [5, 5.41) is 4.43. The standard InChI is InChI=1S/C20H25F2N3O3/c1-4-28-20(27)16-13(3)17(25-15(16)6-5-9-23-25)12(2)14-7-10-24(11-8-14)19(26)18(21)22/h5-6,9,12,14,18H,4,7-8,10-11H2,1-3H3. The number of likely N-dealkylation sites (tertiary alicyclic amines) is 1. The third-order valence-electron chi connectivity index (χ3n) is 5.65. The van der Waals surface area contributed by atoms with Crippen LogP contribution in [-0.4, -0.2) is 52.5 Å². The first-order valence-corrected chi connectivity index (χ1v) is 9.57. The Balaban J connectivity index is 1.89. The number of aromatic nitrogens is 2. The highest BCUT2D eigenvalue weighted by molar-refractivity contribution is 5.99. The number of rotatable bonds is 5. The number of hydrogen-bond acceptors (Lipinski definition) is 4. The second-order valence-corrected chi connectivity index (χ2v) is 7.18. The number of nitrogens with zero attached hydrogens (tertiary/aromatic N) is 3. The zero-order valence-electron chi connectivity index (χ0n) is 16.3. The lowest BCUT2D eigenvalue weighted by Gasteiger charge is -2.34. The summed E-state index contributed by atoms with van der Waals surface area (Å²) in [6.07, 6.45) is -0.0226. The lowest BCUT2D eigenvalue weighted by molar-refractivity contribution is -0.144. The van der Waals surface area contributed by atoms with Crippen LogP contribution >= 0.6 is 0 Å². The van der Waals surface area contributed by atoms with Crippen molar-refractivity contribution in [1.82, 2.24) is 14.5 Å². The molecule has 1 aliphatic heterocycles. The van der Waals surface area contributed by atoms with E-state index in [0.29, 0.717) is 37.0 Å². The number of halogens is 2. The van der Waals surface area contributed by atoms with Gasteiger partial charge in [0.1, 0.15) is 0 Å². The highest BCUT2D eigenvalue weighted by Crippen LogP contribution is 2.37. The predicted molar refractivity (Wildman–Crippen MR) is 99.6 cm³/mol. The first kappa shape index (κ1) is 20.2. The summed E-state index contributed by atoms with van der Waals surface area (Å²) in [4.78, 5) is 25.3. The first-order valence-electron chi connectivity index (χ1n) is 9.57. The van der Waals surface area contributed by atoms with Crippen molar-refractivity contribution in [3.05, 3.63) is 35.2 Å². The van der Waals surface area contributed by atoms with Crippen LogP contribution in [0.15, 0.2) is 18.3 Å². The summed E-state index contributed by atoms with van der Waals surface area (Å²) in [6.45, 7) is 6.65. The molecule has 0 saturated carbocycles. The quantitative estimate of drug-likeness (QED) is 0.730. The highest BCUT2D eigenvalue weighted by atomic mass is 19.3. The van der Waals surface area contributed by atoms with Gasteiger partial charge in [-0.3, -0.25) is 4.79 Å². The van der Waals surface area contributed by atoms with Crippen LogP contribution in [0.3, 0.4) is 0 Å². The largest absolute Gasteiger partial charge is 0.462 e. The SMILES string of the molecule is CCOC(=O)c1c(C)c(C(C)C2CCN(C(=O)C(F)F)CC2)n2ncccc12. The van der Waals surface area contributed by atoms with E-state index in [1.54, 1.807) is 23.7 Å². The van der Waals surface area contributed by atoms with Gasteiger partial charge in [-0.25, -0.2) is 9.31 Å². The number of esters is 1. The fraction of sp³-hybridized carbons (Fsp3) is 0.550. The van der Waals surface area contributed by atoms with E-state index < -0.39 is 12.3 Å². The van der Waals surface area contributed by atoms with Gasteiger partial charge in [0.05, 0.1) is 17.7 Å². The smallest absolute Gasteiger partial charge is 0.340 e. The molecule has 3 heterocycles. The van der Waals surface area contributed by atoms with E-state index in [1.165, 1.54) is 4.90 Å². The molecule has 0 N–H and O–H groups in total. The Morgan fingerprint density at radius 2 is 2.00 bits per heavy atom. The van der Waals surface area contributed by atoms with E-state index in [-0.39, 0.29) is 24.4 Å². The van der Waals surface area contributed by atoms with Gasteiger partial charge in [0.25, 0.3) is 5.91 Å². The van der Waals surface area contributed by atoms with Gasteiger partial charge in [0.15, 0.2) is 0 Å². The zero-order chi connectivity index (χ0) is 20.4. The van der Waals surface area contributed by atoms with Crippen molar-refractivity contribution in [1.29, 1.82) is 0 Å². The van der Waals surface area contributed by atoms with E-state index >= 15 is 0 Å². The number of amides is 1. The fourth-order valence-electron chi connectivity index (χ4n) is 4.21. The number of fused-ring (bicyclic) bond motifs is 1. The molecule has 6 nitrogen and oxygen atoms in total. The van der Waals surface area contributed by atoms with Gasteiger partial charge in [-0.2, -0.15) is 13.9 Å². The number of carbonyl (C=O) groups is 2. The second-order valence-electron chi connectivity index (χ2n) is 7.18. The molecule has 1 fully saturated rings. The van der Waals surface area contributed by atoms with Crippen LogP contribution in [0.1, 0.15) is 54.2 Å². The van der Waals surface area contributed by atoms with Crippen LogP contribution in [0.4, 0.5) is 8.78 Å². The molecule has 2 aromatic heterocycles. The minimum absolute atomic E-state index is 0.0504. The fourth-order valence-corrected chi connectivity index (χ4v) is 4.21. The summed E-state index contributed by atoms with van der Waals surface area (Å²) in [7, 11) is 0. The lowest BCUT2D eigenvalue weighted by Crippen LogP contribution is -2.42. The minimum atomic E-state index is -2.96. The molecular formula is C20H25F2N3O3. The van der Waals surface area contributed by atoms with E-state index in [1.807, 2.05) is 13.0 Å². The van der Waals surface area contributed by atoms with E-state index in [0.717, 1.165) is 11.3 Å². The van der Waals surface area contributed by atoms with Crippen molar-refractivity contribution < 1.29 is 23.1 Å². The maximum atomic E-state index is 12.7. The van der Waals surface area contributed by atoms with Crippen LogP contribution in [-0.2, 0) is 9.53 Å². The van der Waals surface area contributed by atoms with Crippen molar-refractivity contribution in [2.45, 2.75) is 46.0 Å². The molecule has 28 heavy (non-hydrogen) atoms. The van der Waals surface area contributed by atoms with Crippen LogP contribution in [0.25, 0.3) is 5.52 Å². The third-order valence-corrected chi connectivity index (χ3v) is 5.65. The molecule has 3 rings (SSSR count). The van der Waals surface area contributed by atoms with Crippen molar-refractivity contribution >= 4 is 17.4 Å². The van der Waals surface area contributed by atoms with Crippen LogP contribution in [0.5, 0.6) is 0 Å². The molecule has 0 radical (unpaired) electrons. The average molecular weight is 393 g/mol. The van der Waals surface area contributed by atoms with Gasteiger partial charge in [-0.15, -0.1) is 0 Å². The summed E-state index contributed by atoms with van der Waals surface area (Å²) in [5.74, 6) is -1.21. The van der Waals surface area contributed by atoms with Crippen molar-refractivity contribution in [2.75, 3.05) is 19.7 Å². The van der Waals surface area contributed by atoms with Gasteiger partial charge in [0, 0.05) is 30.9 Å². The molecule has 1 unspecified atom stereocenters. The number of piperidine rings is 1. The first-order chi connectivity index (χ1) is 13.4. The molecule has 8 heteroatoms. The summed E-state index contributed by atoms with van der Waals surface area (Å²) < 4.78 is 32.3. The van der Waals surface area contributed by atoms with Gasteiger partial charge in [-0.1, -0.05) is 6.92 Å². The Labute approximate surface area is 162 Å².